The van der Waals surface area contributed by atoms with Crippen LogP contribution in [0, 0.1) is 0 Å². The molecule has 0 saturated carbocycles. The molecule has 2 N–H and O–H groups in total. The lowest BCUT2D eigenvalue weighted by Gasteiger charge is -2.21. The minimum Gasteiger partial charge on any atom is -0.422 e. The van der Waals surface area contributed by atoms with Gasteiger partial charge < -0.3 is 19.7 Å². The van der Waals surface area contributed by atoms with Crippen LogP contribution >= 0.6 is 12.6 Å². The van der Waals surface area contributed by atoms with Crippen LogP contribution in [-0.4, -0.2) is 46.9 Å². The Morgan fingerprint density at radius 2 is 1.87 bits per heavy atom. The van der Waals surface area contributed by atoms with Gasteiger partial charge in [-0.2, -0.15) is 12.6 Å². The van der Waals surface area contributed by atoms with E-state index in [4.69, 9.17) is 5.11 Å². The van der Waals surface area contributed by atoms with Gasteiger partial charge >= 0.3 is 11.9 Å². The van der Waals surface area contributed by atoms with E-state index in [-0.39, 0.29) is 12.2 Å². The molecular weight excluding hydrogens is 224 g/mol. The molecule has 0 heterocycles. The summed E-state index contributed by atoms with van der Waals surface area (Å²) in [6.07, 6.45) is -2.86. The molecular formula is C8H14O6S. The predicted molar refractivity (Wildman–Crippen MR) is 53.2 cm³/mol. The Morgan fingerprint density at radius 1 is 1.33 bits per heavy atom. The maximum atomic E-state index is 10.9. The molecule has 0 spiro atoms. The molecule has 0 aromatic carbocycles. The Hall–Kier alpha value is -0.790. The number of thiol groups is 1. The lowest BCUT2D eigenvalue weighted by atomic mass is 10.3. The average molecular weight is 238 g/mol. The number of hydrogen-bond donors (Lipinski definition) is 3. The minimum absolute atomic E-state index is 0.0765. The molecule has 0 aliphatic rings. The number of aliphatic hydroxyl groups excluding tert-OH is 2. The van der Waals surface area contributed by atoms with Crippen molar-refractivity contribution in [3.05, 3.63) is 0 Å². The standard InChI is InChI=1S/C8H14O6S/c1-2-6(11)13-8(5(10)3-9)14-7(12)4-15/h5,8-10,15H,2-4H2,1H3. The highest BCUT2D eigenvalue weighted by molar-refractivity contribution is 7.81. The largest absolute Gasteiger partial charge is 0.422 e. The van der Waals surface area contributed by atoms with E-state index in [1.54, 1.807) is 6.92 Å². The smallest absolute Gasteiger partial charge is 0.318 e. The van der Waals surface area contributed by atoms with Gasteiger partial charge in [0.15, 0.2) is 6.10 Å². The Morgan fingerprint density at radius 3 is 2.27 bits per heavy atom. The van der Waals surface area contributed by atoms with Crippen LogP contribution in [-0.2, 0) is 19.1 Å². The number of ether oxygens (including phenoxy) is 2. The van der Waals surface area contributed by atoms with Crippen molar-refractivity contribution in [1.29, 1.82) is 0 Å². The van der Waals surface area contributed by atoms with E-state index < -0.39 is 30.9 Å². The first-order valence-corrected chi connectivity index (χ1v) is 4.97. The van der Waals surface area contributed by atoms with Crippen LogP contribution in [0.25, 0.3) is 0 Å². The second kappa shape index (κ2) is 7.49. The first-order chi connectivity index (χ1) is 7.04. The highest BCUT2D eigenvalue weighted by Crippen LogP contribution is 2.04. The number of carbonyl (C=O) groups is 2. The van der Waals surface area contributed by atoms with Gasteiger partial charge in [-0.25, -0.2) is 0 Å². The molecule has 88 valence electrons. The monoisotopic (exact) mass is 238 g/mol. The zero-order valence-corrected chi connectivity index (χ0v) is 9.15. The molecule has 2 atom stereocenters. The second-order valence-corrected chi connectivity index (χ2v) is 2.93. The maximum Gasteiger partial charge on any atom is 0.318 e. The Bertz CT molecular complexity index is 201. The van der Waals surface area contributed by atoms with Crippen LogP contribution in [0.4, 0.5) is 0 Å². The number of rotatable bonds is 6. The molecule has 2 unspecified atom stereocenters. The third-order valence-electron chi connectivity index (χ3n) is 1.41. The summed E-state index contributed by atoms with van der Waals surface area (Å²) < 4.78 is 9.16. The molecule has 6 nitrogen and oxygen atoms in total. The van der Waals surface area contributed by atoms with Crippen LogP contribution in [0.3, 0.4) is 0 Å². The number of esters is 2. The normalized spacial score (nSPS) is 14.1. The molecule has 0 aromatic heterocycles. The van der Waals surface area contributed by atoms with Crippen LogP contribution in [0.1, 0.15) is 13.3 Å². The van der Waals surface area contributed by atoms with Crippen LogP contribution in [0.5, 0.6) is 0 Å². The molecule has 0 rings (SSSR count). The number of aliphatic hydroxyl groups is 2. The topological polar surface area (TPSA) is 93.1 Å². The SMILES string of the molecule is CCC(=O)OC(OC(=O)CS)C(O)CO. The van der Waals surface area contributed by atoms with Crippen LogP contribution in [0.2, 0.25) is 0 Å². The van der Waals surface area contributed by atoms with Gasteiger partial charge in [-0.15, -0.1) is 0 Å². The van der Waals surface area contributed by atoms with Crippen molar-refractivity contribution in [3.63, 3.8) is 0 Å². The average Bonchev–Trinajstić information content (AvgIpc) is 2.26. The summed E-state index contributed by atoms with van der Waals surface area (Å²) in [7, 11) is 0. The Balaban J connectivity index is 4.30. The molecule has 0 fully saturated rings. The second-order valence-electron chi connectivity index (χ2n) is 2.61. The zero-order chi connectivity index (χ0) is 11.8. The lowest BCUT2D eigenvalue weighted by molar-refractivity contribution is -0.208. The van der Waals surface area contributed by atoms with E-state index in [0.29, 0.717) is 0 Å². The number of carbonyl (C=O) groups excluding carboxylic acids is 2. The highest BCUT2D eigenvalue weighted by atomic mass is 32.1. The van der Waals surface area contributed by atoms with Crippen molar-refractivity contribution in [2.75, 3.05) is 12.4 Å². The lowest BCUT2D eigenvalue weighted by Crippen LogP contribution is -2.38. The molecule has 0 aromatic rings. The fourth-order valence-electron chi connectivity index (χ4n) is 0.647. The van der Waals surface area contributed by atoms with Crippen LogP contribution in [0.15, 0.2) is 0 Å². The van der Waals surface area contributed by atoms with E-state index in [2.05, 4.69) is 22.1 Å². The molecule has 0 amide bonds. The van der Waals surface area contributed by atoms with E-state index in [1.807, 2.05) is 0 Å². The predicted octanol–water partition coefficient (Wildman–Crippen LogP) is -0.908. The zero-order valence-electron chi connectivity index (χ0n) is 8.25. The Labute approximate surface area is 92.6 Å². The van der Waals surface area contributed by atoms with Crippen molar-refractivity contribution in [2.45, 2.75) is 25.7 Å². The van der Waals surface area contributed by atoms with Gasteiger partial charge in [0.1, 0.15) is 0 Å². The third-order valence-corrected chi connectivity index (χ3v) is 1.67. The van der Waals surface area contributed by atoms with Gasteiger partial charge in [0, 0.05) is 6.42 Å². The van der Waals surface area contributed by atoms with Gasteiger partial charge in [-0.3, -0.25) is 9.59 Å². The van der Waals surface area contributed by atoms with Crippen molar-refractivity contribution in [1.82, 2.24) is 0 Å². The molecule has 0 aliphatic carbocycles. The molecule has 0 saturated heterocycles. The number of hydrogen-bond acceptors (Lipinski definition) is 7. The van der Waals surface area contributed by atoms with Crippen molar-refractivity contribution in [2.24, 2.45) is 0 Å². The highest BCUT2D eigenvalue weighted by Gasteiger charge is 2.25. The Kier molecular flexibility index (Phi) is 7.10. The van der Waals surface area contributed by atoms with Gasteiger partial charge in [0.25, 0.3) is 6.29 Å². The minimum atomic E-state index is -1.48. The third kappa shape index (κ3) is 5.60. The van der Waals surface area contributed by atoms with E-state index in [9.17, 15) is 14.7 Å². The summed E-state index contributed by atoms with van der Waals surface area (Å²) in [5, 5.41) is 17.8. The van der Waals surface area contributed by atoms with E-state index >= 15 is 0 Å². The van der Waals surface area contributed by atoms with Gasteiger partial charge in [0.05, 0.1) is 12.4 Å². The summed E-state index contributed by atoms with van der Waals surface area (Å²) >= 11 is 3.64. The molecule has 0 radical (unpaired) electrons. The first-order valence-electron chi connectivity index (χ1n) is 4.33. The molecule has 7 heteroatoms. The van der Waals surface area contributed by atoms with Gasteiger partial charge in [-0.1, -0.05) is 6.92 Å². The molecule has 15 heavy (non-hydrogen) atoms. The van der Waals surface area contributed by atoms with E-state index in [1.165, 1.54) is 0 Å². The summed E-state index contributed by atoms with van der Waals surface area (Å²) in [6.45, 7) is 0.868. The van der Waals surface area contributed by atoms with Gasteiger partial charge in [0.2, 0.25) is 0 Å². The molecule has 0 aliphatic heterocycles. The summed E-state index contributed by atoms with van der Waals surface area (Å²) in [6, 6.07) is 0. The van der Waals surface area contributed by atoms with Crippen molar-refractivity contribution >= 4 is 24.6 Å². The van der Waals surface area contributed by atoms with Crippen molar-refractivity contribution in [3.8, 4) is 0 Å². The maximum absolute atomic E-state index is 10.9. The summed E-state index contributed by atoms with van der Waals surface area (Å²) in [5.41, 5.74) is 0. The summed E-state index contributed by atoms with van der Waals surface area (Å²) in [4.78, 5) is 21.7. The quantitative estimate of drug-likeness (QED) is 0.315. The molecule has 0 bridgehead atoms. The fourth-order valence-corrected chi connectivity index (χ4v) is 0.721. The van der Waals surface area contributed by atoms with Crippen LogP contribution < -0.4 is 0 Å². The van der Waals surface area contributed by atoms with E-state index in [0.717, 1.165) is 0 Å². The van der Waals surface area contributed by atoms with Gasteiger partial charge in [-0.05, 0) is 0 Å². The summed E-state index contributed by atoms with van der Waals surface area (Å²) in [5.74, 6) is -1.60. The fraction of sp³-hybridized carbons (Fsp3) is 0.750. The first kappa shape index (κ1) is 14.2. The van der Waals surface area contributed by atoms with Crippen molar-refractivity contribution < 1.29 is 29.3 Å².